The largest absolute Gasteiger partial charge is 0.492 e. The lowest BCUT2D eigenvalue weighted by molar-refractivity contribution is -0.147. The number of anilines is 1. The van der Waals surface area contributed by atoms with Crippen molar-refractivity contribution in [1.82, 2.24) is 0 Å². The number of amides is 1. The van der Waals surface area contributed by atoms with Crippen LogP contribution in [0.5, 0.6) is 5.75 Å². The molecule has 1 N–H and O–H groups in total. The van der Waals surface area contributed by atoms with Crippen LogP contribution in [0.3, 0.4) is 0 Å². The van der Waals surface area contributed by atoms with Gasteiger partial charge in [-0.2, -0.15) is 0 Å². The standard InChI is InChI=1S/C22H25Cl2NO4/c1-3-15-7-5-8-16(4-2)22(15)25-20(26)14-29-21(27)9-6-12-28-19-11-10-17(23)13-18(19)24/h5,7-8,10-11,13H,3-4,6,9,12,14H2,1-2H3,(H,25,26). The molecule has 0 atom stereocenters. The van der Waals surface area contributed by atoms with Gasteiger partial charge in [0.05, 0.1) is 11.6 Å². The number of ether oxygens (including phenoxy) is 2. The molecule has 0 unspecified atom stereocenters. The van der Waals surface area contributed by atoms with Crippen molar-refractivity contribution in [2.75, 3.05) is 18.5 Å². The van der Waals surface area contributed by atoms with Gasteiger partial charge in [-0.25, -0.2) is 0 Å². The van der Waals surface area contributed by atoms with E-state index in [1.807, 2.05) is 32.0 Å². The Labute approximate surface area is 181 Å². The molecule has 5 nitrogen and oxygen atoms in total. The van der Waals surface area contributed by atoms with Crippen LogP contribution in [0.15, 0.2) is 36.4 Å². The number of halogens is 2. The summed E-state index contributed by atoms with van der Waals surface area (Å²) in [5.74, 6) is -0.297. The average molecular weight is 438 g/mol. The predicted octanol–water partition coefficient (Wildman–Crippen LogP) is 5.46. The van der Waals surface area contributed by atoms with Crippen molar-refractivity contribution in [3.63, 3.8) is 0 Å². The van der Waals surface area contributed by atoms with Gasteiger partial charge in [0.25, 0.3) is 5.91 Å². The van der Waals surface area contributed by atoms with E-state index in [-0.39, 0.29) is 18.9 Å². The van der Waals surface area contributed by atoms with Gasteiger partial charge in [0.15, 0.2) is 6.61 Å². The monoisotopic (exact) mass is 437 g/mol. The second-order valence-corrected chi connectivity index (χ2v) is 7.24. The smallest absolute Gasteiger partial charge is 0.306 e. The summed E-state index contributed by atoms with van der Waals surface area (Å²) >= 11 is 11.9. The molecule has 2 rings (SSSR count). The van der Waals surface area contributed by atoms with Gasteiger partial charge in [-0.1, -0.05) is 55.2 Å². The maximum atomic E-state index is 12.2. The van der Waals surface area contributed by atoms with E-state index >= 15 is 0 Å². The minimum Gasteiger partial charge on any atom is -0.492 e. The van der Waals surface area contributed by atoms with Gasteiger partial charge in [0, 0.05) is 17.1 Å². The number of hydrogen-bond donors (Lipinski definition) is 1. The summed E-state index contributed by atoms with van der Waals surface area (Å²) in [6.07, 6.45) is 2.20. The first-order valence-corrected chi connectivity index (χ1v) is 10.3. The van der Waals surface area contributed by atoms with Crippen LogP contribution in [0.1, 0.15) is 37.8 Å². The summed E-state index contributed by atoms with van der Waals surface area (Å²) in [7, 11) is 0. The second-order valence-electron chi connectivity index (χ2n) is 6.39. The zero-order chi connectivity index (χ0) is 21.2. The van der Waals surface area contributed by atoms with Gasteiger partial charge >= 0.3 is 5.97 Å². The molecule has 0 radical (unpaired) electrons. The Morgan fingerprint density at radius 2 is 1.72 bits per heavy atom. The lowest BCUT2D eigenvalue weighted by Gasteiger charge is -2.14. The summed E-state index contributed by atoms with van der Waals surface area (Å²) in [6, 6.07) is 10.9. The molecule has 2 aromatic rings. The Kier molecular flexibility index (Phi) is 9.29. The van der Waals surface area contributed by atoms with Crippen LogP contribution in [0.2, 0.25) is 10.0 Å². The number of hydrogen-bond acceptors (Lipinski definition) is 4. The highest BCUT2D eigenvalue weighted by molar-refractivity contribution is 6.35. The van der Waals surface area contributed by atoms with Crippen molar-refractivity contribution in [3.8, 4) is 5.75 Å². The Balaban J connectivity index is 1.73. The van der Waals surface area contributed by atoms with E-state index in [1.54, 1.807) is 18.2 Å². The highest BCUT2D eigenvalue weighted by atomic mass is 35.5. The molecule has 7 heteroatoms. The van der Waals surface area contributed by atoms with Crippen LogP contribution in [-0.2, 0) is 27.2 Å². The van der Waals surface area contributed by atoms with Crippen LogP contribution >= 0.6 is 23.2 Å². The average Bonchev–Trinajstić information content (AvgIpc) is 2.71. The summed E-state index contributed by atoms with van der Waals surface area (Å²) in [5, 5.41) is 3.81. The molecule has 0 aliphatic carbocycles. The molecule has 0 heterocycles. The normalized spacial score (nSPS) is 10.5. The molecule has 0 saturated carbocycles. The first-order valence-electron chi connectivity index (χ1n) is 9.58. The van der Waals surface area contributed by atoms with Crippen LogP contribution < -0.4 is 10.1 Å². The molecule has 1 amide bonds. The molecular formula is C22H25Cl2NO4. The van der Waals surface area contributed by atoms with Crippen molar-refractivity contribution >= 4 is 40.8 Å². The van der Waals surface area contributed by atoms with Crippen molar-refractivity contribution in [2.24, 2.45) is 0 Å². The lowest BCUT2D eigenvalue weighted by atomic mass is 10.0. The van der Waals surface area contributed by atoms with Gasteiger partial charge in [0.2, 0.25) is 0 Å². The summed E-state index contributed by atoms with van der Waals surface area (Å²) in [6.45, 7) is 4.05. The van der Waals surface area contributed by atoms with Gasteiger partial charge in [-0.05, 0) is 48.6 Å². The molecule has 0 aliphatic rings. The zero-order valence-corrected chi connectivity index (χ0v) is 18.1. The highest BCUT2D eigenvalue weighted by Crippen LogP contribution is 2.27. The fourth-order valence-corrected chi connectivity index (χ4v) is 3.25. The number of nitrogens with one attached hydrogen (secondary N) is 1. The van der Waals surface area contributed by atoms with E-state index in [4.69, 9.17) is 32.7 Å². The van der Waals surface area contributed by atoms with E-state index in [2.05, 4.69) is 5.32 Å². The molecule has 0 aliphatic heterocycles. The van der Waals surface area contributed by atoms with E-state index < -0.39 is 5.97 Å². The molecule has 0 aromatic heterocycles. The van der Waals surface area contributed by atoms with Crippen LogP contribution in [-0.4, -0.2) is 25.1 Å². The summed E-state index contributed by atoms with van der Waals surface area (Å²) < 4.78 is 10.6. The Hall–Kier alpha value is -2.24. The summed E-state index contributed by atoms with van der Waals surface area (Å²) in [4.78, 5) is 24.1. The number of rotatable bonds is 10. The first kappa shape index (κ1) is 23.0. The van der Waals surface area contributed by atoms with Crippen molar-refractivity contribution in [1.29, 1.82) is 0 Å². The van der Waals surface area contributed by atoms with Crippen molar-refractivity contribution in [3.05, 3.63) is 57.6 Å². The fraction of sp³-hybridized carbons (Fsp3) is 0.364. The summed E-state index contributed by atoms with van der Waals surface area (Å²) in [5.41, 5.74) is 2.93. The minimum atomic E-state index is -0.453. The lowest BCUT2D eigenvalue weighted by Crippen LogP contribution is -2.22. The quantitative estimate of drug-likeness (QED) is 0.395. The molecule has 0 fully saturated rings. The Morgan fingerprint density at radius 3 is 2.34 bits per heavy atom. The minimum absolute atomic E-state index is 0.143. The predicted molar refractivity (Wildman–Crippen MR) is 116 cm³/mol. The van der Waals surface area contributed by atoms with Crippen LogP contribution in [0.25, 0.3) is 0 Å². The van der Waals surface area contributed by atoms with Crippen LogP contribution in [0.4, 0.5) is 5.69 Å². The second kappa shape index (κ2) is 11.7. The Morgan fingerprint density at radius 1 is 1.03 bits per heavy atom. The number of esters is 1. The fourth-order valence-electron chi connectivity index (χ4n) is 2.79. The number of para-hydroxylation sites is 1. The number of benzene rings is 2. The van der Waals surface area contributed by atoms with Crippen molar-refractivity contribution < 1.29 is 19.1 Å². The van der Waals surface area contributed by atoms with Gasteiger partial charge in [0.1, 0.15) is 5.75 Å². The zero-order valence-electron chi connectivity index (χ0n) is 16.6. The maximum Gasteiger partial charge on any atom is 0.306 e. The van der Waals surface area contributed by atoms with Gasteiger partial charge in [-0.3, -0.25) is 9.59 Å². The number of carbonyl (C=O) groups excluding carboxylic acids is 2. The van der Waals surface area contributed by atoms with E-state index in [0.717, 1.165) is 29.7 Å². The molecule has 0 bridgehead atoms. The maximum absolute atomic E-state index is 12.2. The van der Waals surface area contributed by atoms with Crippen LogP contribution in [0, 0.1) is 0 Å². The van der Waals surface area contributed by atoms with E-state index in [0.29, 0.717) is 28.8 Å². The molecule has 2 aromatic carbocycles. The van der Waals surface area contributed by atoms with Gasteiger partial charge < -0.3 is 14.8 Å². The van der Waals surface area contributed by atoms with Crippen molar-refractivity contribution in [2.45, 2.75) is 39.5 Å². The van der Waals surface area contributed by atoms with E-state index in [1.165, 1.54) is 0 Å². The molecular weight excluding hydrogens is 413 g/mol. The third-order valence-corrected chi connectivity index (χ3v) is 4.83. The third-order valence-electron chi connectivity index (χ3n) is 4.30. The topological polar surface area (TPSA) is 64.6 Å². The number of aryl methyl sites for hydroxylation is 2. The molecule has 0 spiro atoms. The number of carbonyl (C=O) groups is 2. The van der Waals surface area contributed by atoms with E-state index in [9.17, 15) is 9.59 Å². The molecule has 156 valence electrons. The highest BCUT2D eigenvalue weighted by Gasteiger charge is 2.12. The SMILES string of the molecule is CCc1cccc(CC)c1NC(=O)COC(=O)CCCOc1ccc(Cl)cc1Cl. The molecule has 29 heavy (non-hydrogen) atoms. The first-order chi connectivity index (χ1) is 13.9. The Bertz CT molecular complexity index is 832. The molecule has 0 saturated heterocycles. The van der Waals surface area contributed by atoms with Gasteiger partial charge in [-0.15, -0.1) is 0 Å². The third kappa shape index (κ3) is 7.26.